The molecule has 0 spiro atoms. The number of fused-ring (bicyclic) bond motifs is 3. The second kappa shape index (κ2) is 7.25. The Labute approximate surface area is 171 Å². The van der Waals surface area contributed by atoms with E-state index in [2.05, 4.69) is 95.5 Å². The van der Waals surface area contributed by atoms with Crippen molar-refractivity contribution in [1.82, 2.24) is 0 Å². The van der Waals surface area contributed by atoms with E-state index in [0.29, 0.717) is 0 Å². The molecule has 2 aliphatic heterocycles. The summed E-state index contributed by atoms with van der Waals surface area (Å²) in [7, 11) is 0. The highest BCUT2D eigenvalue weighted by molar-refractivity contribution is 6.02. The zero-order chi connectivity index (χ0) is 19.7. The summed E-state index contributed by atoms with van der Waals surface area (Å²) in [5, 5.41) is 4.59. The standard InChI is InChI=1S/C26H24N2O/c1-2-17-26-18-23(21-13-7-4-8-14-21)27-29-25(26)28(19-20-11-5-3-6-12-20)24-16-10-9-15-22(24)26/h2-16,25H,1,17-19H2/t25-,26-/m1/s1. The molecule has 0 fully saturated rings. The SMILES string of the molecule is C=CC[C@]12CC(c3ccccc3)=NO[C@H]1N(Cc1ccccc1)c1ccccc12. The van der Waals surface area contributed by atoms with Crippen molar-refractivity contribution < 1.29 is 4.84 Å². The van der Waals surface area contributed by atoms with Crippen molar-refractivity contribution in [2.75, 3.05) is 4.90 Å². The van der Waals surface area contributed by atoms with Crippen LogP contribution < -0.4 is 4.90 Å². The molecular formula is C26H24N2O. The Morgan fingerprint density at radius 3 is 2.41 bits per heavy atom. The molecule has 144 valence electrons. The molecule has 29 heavy (non-hydrogen) atoms. The average Bonchev–Trinajstić information content (AvgIpc) is 3.05. The summed E-state index contributed by atoms with van der Waals surface area (Å²) < 4.78 is 0. The van der Waals surface area contributed by atoms with Gasteiger partial charge in [0.15, 0.2) is 0 Å². The molecule has 0 saturated heterocycles. The van der Waals surface area contributed by atoms with Gasteiger partial charge in [-0.3, -0.25) is 0 Å². The van der Waals surface area contributed by atoms with Gasteiger partial charge in [0, 0.05) is 18.7 Å². The van der Waals surface area contributed by atoms with Crippen molar-refractivity contribution in [3.8, 4) is 0 Å². The fourth-order valence-corrected chi connectivity index (χ4v) is 4.76. The number of hydrogen-bond donors (Lipinski definition) is 0. The maximum atomic E-state index is 6.26. The largest absolute Gasteiger partial charge is 0.369 e. The normalized spacial score (nSPS) is 22.3. The number of oxime groups is 1. The van der Waals surface area contributed by atoms with E-state index in [-0.39, 0.29) is 11.6 Å². The molecule has 0 saturated carbocycles. The molecule has 2 aliphatic rings. The van der Waals surface area contributed by atoms with Gasteiger partial charge in [-0.2, -0.15) is 0 Å². The zero-order valence-corrected chi connectivity index (χ0v) is 16.4. The van der Waals surface area contributed by atoms with Crippen molar-refractivity contribution in [2.24, 2.45) is 5.16 Å². The van der Waals surface area contributed by atoms with Crippen molar-refractivity contribution in [3.05, 3.63) is 114 Å². The molecule has 0 unspecified atom stereocenters. The number of benzene rings is 3. The summed E-state index contributed by atoms with van der Waals surface area (Å²) in [6.07, 6.45) is 3.54. The van der Waals surface area contributed by atoms with E-state index < -0.39 is 0 Å². The van der Waals surface area contributed by atoms with Crippen LogP contribution in [0.2, 0.25) is 0 Å². The van der Waals surface area contributed by atoms with Crippen LogP contribution in [-0.4, -0.2) is 11.9 Å². The third kappa shape index (κ3) is 2.94. The minimum absolute atomic E-state index is 0.148. The van der Waals surface area contributed by atoms with E-state index in [1.54, 1.807) is 0 Å². The van der Waals surface area contributed by atoms with Gasteiger partial charge in [0.1, 0.15) is 0 Å². The number of anilines is 1. The molecule has 0 amide bonds. The number of nitrogens with zero attached hydrogens (tertiary/aromatic N) is 2. The summed E-state index contributed by atoms with van der Waals surface area (Å²) >= 11 is 0. The Balaban J connectivity index is 1.60. The molecular weight excluding hydrogens is 356 g/mol. The number of hydrogen-bond acceptors (Lipinski definition) is 3. The van der Waals surface area contributed by atoms with Crippen LogP contribution in [0.15, 0.2) is 103 Å². The minimum Gasteiger partial charge on any atom is -0.369 e. The van der Waals surface area contributed by atoms with E-state index in [1.807, 2.05) is 12.1 Å². The highest BCUT2D eigenvalue weighted by atomic mass is 16.7. The minimum atomic E-state index is -0.194. The van der Waals surface area contributed by atoms with Gasteiger partial charge in [-0.05, 0) is 29.2 Å². The zero-order valence-electron chi connectivity index (χ0n) is 16.4. The topological polar surface area (TPSA) is 24.8 Å². The van der Waals surface area contributed by atoms with E-state index >= 15 is 0 Å². The first-order valence-corrected chi connectivity index (χ1v) is 10.1. The van der Waals surface area contributed by atoms with Crippen LogP contribution in [0, 0.1) is 0 Å². The molecule has 2 heterocycles. The molecule has 5 rings (SSSR count). The van der Waals surface area contributed by atoms with Gasteiger partial charge < -0.3 is 9.74 Å². The van der Waals surface area contributed by atoms with Gasteiger partial charge in [0.25, 0.3) is 0 Å². The lowest BCUT2D eigenvalue weighted by Crippen LogP contribution is -2.49. The number of allylic oxidation sites excluding steroid dienone is 1. The molecule has 0 N–H and O–H groups in total. The van der Waals surface area contributed by atoms with Gasteiger partial charge in [-0.25, -0.2) is 0 Å². The second-order valence-corrected chi connectivity index (χ2v) is 7.82. The van der Waals surface area contributed by atoms with E-state index in [1.165, 1.54) is 16.8 Å². The van der Waals surface area contributed by atoms with Gasteiger partial charge in [0.2, 0.25) is 6.23 Å². The van der Waals surface area contributed by atoms with Crippen LogP contribution in [0.25, 0.3) is 0 Å². The quantitative estimate of drug-likeness (QED) is 0.533. The Hall–Kier alpha value is -3.33. The first-order chi connectivity index (χ1) is 14.3. The Morgan fingerprint density at radius 2 is 1.66 bits per heavy atom. The van der Waals surface area contributed by atoms with Gasteiger partial charge in [-0.15, -0.1) is 6.58 Å². The molecule has 3 nitrogen and oxygen atoms in total. The fraction of sp³-hybridized carbons (Fsp3) is 0.192. The molecule has 3 heteroatoms. The molecule has 2 atom stereocenters. The summed E-state index contributed by atoms with van der Waals surface area (Å²) in [5.41, 5.74) is 5.74. The smallest absolute Gasteiger partial charge is 0.210 e. The Morgan fingerprint density at radius 1 is 0.966 bits per heavy atom. The number of rotatable bonds is 5. The summed E-state index contributed by atoms with van der Waals surface area (Å²) in [6, 6.07) is 29.6. The van der Waals surface area contributed by atoms with E-state index in [4.69, 9.17) is 4.84 Å². The van der Waals surface area contributed by atoms with Crippen LogP contribution >= 0.6 is 0 Å². The third-order valence-corrected chi connectivity index (χ3v) is 6.06. The molecule has 0 aliphatic carbocycles. The van der Waals surface area contributed by atoms with Crippen LogP contribution in [0.3, 0.4) is 0 Å². The maximum absolute atomic E-state index is 6.26. The highest BCUT2D eigenvalue weighted by Crippen LogP contribution is 2.52. The highest BCUT2D eigenvalue weighted by Gasteiger charge is 2.54. The lowest BCUT2D eigenvalue weighted by molar-refractivity contribution is -0.00569. The van der Waals surface area contributed by atoms with Crippen LogP contribution in [-0.2, 0) is 16.8 Å². The van der Waals surface area contributed by atoms with Crippen molar-refractivity contribution in [1.29, 1.82) is 0 Å². The molecule has 3 aromatic carbocycles. The lowest BCUT2D eigenvalue weighted by atomic mass is 9.72. The van der Waals surface area contributed by atoms with Gasteiger partial charge in [-0.1, -0.05) is 90.1 Å². The second-order valence-electron chi connectivity index (χ2n) is 7.82. The van der Waals surface area contributed by atoms with Crippen LogP contribution in [0.5, 0.6) is 0 Å². The molecule has 0 aromatic heterocycles. The first-order valence-electron chi connectivity index (χ1n) is 10.1. The summed E-state index contributed by atoms with van der Waals surface area (Å²) in [4.78, 5) is 8.62. The fourth-order valence-electron chi connectivity index (χ4n) is 4.76. The first kappa shape index (κ1) is 17.7. The monoisotopic (exact) mass is 380 g/mol. The van der Waals surface area contributed by atoms with E-state index in [0.717, 1.165) is 30.7 Å². The predicted octanol–water partition coefficient (Wildman–Crippen LogP) is 5.67. The molecule has 0 radical (unpaired) electrons. The average molecular weight is 380 g/mol. The lowest BCUT2D eigenvalue weighted by Gasteiger charge is -2.40. The van der Waals surface area contributed by atoms with Crippen LogP contribution in [0.1, 0.15) is 29.5 Å². The number of para-hydroxylation sites is 1. The predicted molar refractivity (Wildman–Crippen MR) is 118 cm³/mol. The van der Waals surface area contributed by atoms with Crippen molar-refractivity contribution >= 4 is 11.4 Å². The van der Waals surface area contributed by atoms with Crippen molar-refractivity contribution in [3.63, 3.8) is 0 Å². The van der Waals surface area contributed by atoms with Crippen LogP contribution in [0.4, 0.5) is 5.69 Å². The molecule has 3 aromatic rings. The summed E-state index contributed by atoms with van der Waals surface area (Å²) in [6.45, 7) is 4.87. The van der Waals surface area contributed by atoms with Gasteiger partial charge >= 0.3 is 0 Å². The third-order valence-electron chi connectivity index (χ3n) is 6.06. The Kier molecular flexibility index (Phi) is 4.44. The van der Waals surface area contributed by atoms with E-state index in [9.17, 15) is 0 Å². The van der Waals surface area contributed by atoms with Gasteiger partial charge in [0.05, 0.1) is 11.1 Å². The molecule has 0 bridgehead atoms. The van der Waals surface area contributed by atoms with Crippen molar-refractivity contribution in [2.45, 2.75) is 31.0 Å². The maximum Gasteiger partial charge on any atom is 0.210 e. The summed E-state index contributed by atoms with van der Waals surface area (Å²) in [5.74, 6) is 0. The Bertz CT molecular complexity index is 1040.